The molecule has 0 saturated carbocycles. The van der Waals surface area contributed by atoms with Crippen molar-refractivity contribution in [3.63, 3.8) is 0 Å². The van der Waals surface area contributed by atoms with Crippen molar-refractivity contribution in [1.82, 2.24) is 4.98 Å². The minimum absolute atomic E-state index is 0.0770. The Morgan fingerprint density at radius 1 is 1.26 bits per heavy atom. The Kier molecular flexibility index (Phi) is 4.65. The van der Waals surface area contributed by atoms with Gasteiger partial charge in [0.05, 0.1) is 21.6 Å². The Hall–Kier alpha value is -2.48. The summed E-state index contributed by atoms with van der Waals surface area (Å²) in [7, 11) is -1.80. The minimum Gasteiger partial charge on any atom is -0.361 e. The summed E-state index contributed by atoms with van der Waals surface area (Å²) in [6, 6.07) is 9.17. The summed E-state index contributed by atoms with van der Waals surface area (Å²) >= 11 is 0. The number of nitro groups is 1. The van der Waals surface area contributed by atoms with Crippen LogP contribution in [0.25, 0.3) is 0 Å². The summed E-state index contributed by atoms with van der Waals surface area (Å²) in [5, 5.41) is 11.3. The van der Waals surface area contributed by atoms with Gasteiger partial charge in [-0.1, -0.05) is 6.07 Å². The molecule has 122 valence electrons. The first-order chi connectivity index (χ1) is 10.7. The summed E-state index contributed by atoms with van der Waals surface area (Å²) < 4.78 is 23.2. The standard InChI is InChI=1S/C15H17N3O4S/c1-11(13-6-4-5-9-16-13)17(2)14-8-7-12(23(3,21)22)10-15(14)18(19)20/h4-11H,1-3H3. The van der Waals surface area contributed by atoms with Gasteiger partial charge in [-0.3, -0.25) is 15.1 Å². The van der Waals surface area contributed by atoms with Crippen LogP contribution in [0.4, 0.5) is 11.4 Å². The van der Waals surface area contributed by atoms with Gasteiger partial charge in [-0.05, 0) is 31.2 Å². The number of benzene rings is 1. The summed E-state index contributed by atoms with van der Waals surface area (Å²) in [6.07, 6.45) is 2.67. The molecule has 1 aromatic carbocycles. The molecule has 1 heterocycles. The van der Waals surface area contributed by atoms with E-state index in [4.69, 9.17) is 0 Å². The molecule has 0 aliphatic rings. The molecule has 2 aromatic rings. The molecule has 1 aromatic heterocycles. The third-order valence-electron chi connectivity index (χ3n) is 3.65. The fourth-order valence-corrected chi connectivity index (χ4v) is 2.85. The van der Waals surface area contributed by atoms with Crippen molar-refractivity contribution in [3.8, 4) is 0 Å². The van der Waals surface area contributed by atoms with Crippen molar-refractivity contribution < 1.29 is 13.3 Å². The zero-order chi connectivity index (χ0) is 17.2. The van der Waals surface area contributed by atoms with Crippen LogP contribution >= 0.6 is 0 Å². The summed E-state index contributed by atoms with van der Waals surface area (Å²) in [5.41, 5.74) is 0.843. The Labute approximate surface area is 134 Å². The molecule has 1 atom stereocenters. The van der Waals surface area contributed by atoms with Gasteiger partial charge in [0, 0.05) is 25.6 Å². The first-order valence-electron chi connectivity index (χ1n) is 6.84. The lowest BCUT2D eigenvalue weighted by molar-refractivity contribution is -0.384. The van der Waals surface area contributed by atoms with Gasteiger partial charge in [0.25, 0.3) is 5.69 Å². The lowest BCUT2D eigenvalue weighted by atomic mass is 10.1. The van der Waals surface area contributed by atoms with Crippen LogP contribution in [0.2, 0.25) is 0 Å². The molecule has 0 amide bonds. The van der Waals surface area contributed by atoms with E-state index < -0.39 is 14.8 Å². The predicted octanol–water partition coefficient (Wildman–Crippen LogP) is 2.59. The summed E-state index contributed by atoms with van der Waals surface area (Å²) in [6.45, 7) is 1.87. The molecule has 2 rings (SSSR count). The number of anilines is 1. The average molecular weight is 335 g/mol. The number of hydrogen-bond donors (Lipinski definition) is 0. The number of sulfone groups is 1. The molecule has 0 radical (unpaired) electrons. The highest BCUT2D eigenvalue weighted by Crippen LogP contribution is 2.34. The molecule has 7 nitrogen and oxygen atoms in total. The van der Waals surface area contributed by atoms with Crippen molar-refractivity contribution in [2.45, 2.75) is 17.9 Å². The second-order valence-electron chi connectivity index (χ2n) is 5.22. The monoisotopic (exact) mass is 335 g/mol. The highest BCUT2D eigenvalue weighted by Gasteiger charge is 2.24. The van der Waals surface area contributed by atoms with E-state index in [2.05, 4.69) is 4.98 Å². The maximum Gasteiger partial charge on any atom is 0.293 e. The van der Waals surface area contributed by atoms with E-state index in [9.17, 15) is 18.5 Å². The molecular formula is C15H17N3O4S. The maximum absolute atomic E-state index is 11.6. The van der Waals surface area contributed by atoms with Crippen molar-refractivity contribution in [1.29, 1.82) is 0 Å². The smallest absolute Gasteiger partial charge is 0.293 e. The number of aromatic nitrogens is 1. The first-order valence-corrected chi connectivity index (χ1v) is 8.73. The highest BCUT2D eigenvalue weighted by atomic mass is 32.2. The number of hydrogen-bond acceptors (Lipinski definition) is 6. The molecule has 1 unspecified atom stereocenters. The number of rotatable bonds is 5. The molecule has 0 N–H and O–H groups in total. The van der Waals surface area contributed by atoms with E-state index in [1.165, 1.54) is 12.1 Å². The van der Waals surface area contributed by atoms with E-state index >= 15 is 0 Å². The van der Waals surface area contributed by atoms with Crippen LogP contribution in [0.15, 0.2) is 47.5 Å². The van der Waals surface area contributed by atoms with Gasteiger partial charge in [-0.25, -0.2) is 8.42 Å². The molecule has 8 heteroatoms. The molecule has 0 aliphatic heterocycles. The minimum atomic E-state index is -3.51. The van der Waals surface area contributed by atoms with Gasteiger partial charge in [-0.15, -0.1) is 0 Å². The molecule has 0 bridgehead atoms. The number of nitrogens with zero attached hydrogens (tertiary/aromatic N) is 3. The third kappa shape index (κ3) is 3.65. The molecule has 0 fully saturated rings. The fraction of sp³-hybridized carbons (Fsp3) is 0.267. The van der Waals surface area contributed by atoms with Crippen LogP contribution in [0.1, 0.15) is 18.7 Å². The molecule has 23 heavy (non-hydrogen) atoms. The van der Waals surface area contributed by atoms with E-state index in [-0.39, 0.29) is 16.6 Å². The Bertz CT molecular complexity index is 822. The highest BCUT2D eigenvalue weighted by molar-refractivity contribution is 7.90. The number of pyridine rings is 1. The van der Waals surface area contributed by atoms with E-state index in [0.29, 0.717) is 5.69 Å². The second-order valence-corrected chi connectivity index (χ2v) is 7.24. The predicted molar refractivity (Wildman–Crippen MR) is 87.3 cm³/mol. The lowest BCUT2D eigenvalue weighted by Gasteiger charge is -2.26. The molecule has 0 spiro atoms. The quantitative estimate of drug-likeness (QED) is 0.616. The number of nitro benzene ring substituents is 1. The van der Waals surface area contributed by atoms with Crippen molar-refractivity contribution in [3.05, 3.63) is 58.4 Å². The fourth-order valence-electron chi connectivity index (χ4n) is 2.21. The van der Waals surface area contributed by atoms with Crippen molar-refractivity contribution in [2.75, 3.05) is 18.2 Å². The first kappa shape index (κ1) is 16.9. The Morgan fingerprint density at radius 3 is 2.48 bits per heavy atom. The van der Waals surface area contributed by atoms with Gasteiger partial charge >= 0.3 is 0 Å². The Balaban J connectivity index is 2.48. The maximum atomic E-state index is 11.6. The SMILES string of the molecule is CC(c1ccccn1)N(C)c1ccc(S(C)(=O)=O)cc1[N+](=O)[O-]. The van der Waals surface area contributed by atoms with Gasteiger partial charge in [-0.2, -0.15) is 0 Å². The lowest BCUT2D eigenvalue weighted by Crippen LogP contribution is -2.23. The third-order valence-corrected chi connectivity index (χ3v) is 4.76. The topological polar surface area (TPSA) is 93.4 Å². The van der Waals surface area contributed by atoms with Gasteiger partial charge in [0.1, 0.15) is 5.69 Å². The van der Waals surface area contributed by atoms with Crippen LogP contribution in [0.5, 0.6) is 0 Å². The van der Waals surface area contributed by atoms with Gasteiger partial charge in [0.2, 0.25) is 0 Å². The normalized spacial score (nSPS) is 12.7. The summed E-state index contributed by atoms with van der Waals surface area (Å²) in [4.78, 5) is 16.6. The average Bonchev–Trinajstić information content (AvgIpc) is 2.52. The van der Waals surface area contributed by atoms with Gasteiger partial charge < -0.3 is 4.90 Å². The van der Waals surface area contributed by atoms with Crippen LogP contribution in [0, 0.1) is 10.1 Å². The van der Waals surface area contributed by atoms with Crippen LogP contribution in [-0.4, -0.2) is 31.6 Å². The van der Waals surface area contributed by atoms with Gasteiger partial charge in [0.15, 0.2) is 9.84 Å². The van der Waals surface area contributed by atoms with E-state index in [1.54, 1.807) is 24.2 Å². The Morgan fingerprint density at radius 2 is 1.96 bits per heavy atom. The summed E-state index contributed by atoms with van der Waals surface area (Å²) in [5.74, 6) is 0. The van der Waals surface area contributed by atoms with Crippen LogP contribution < -0.4 is 4.90 Å². The van der Waals surface area contributed by atoms with Crippen molar-refractivity contribution in [2.24, 2.45) is 0 Å². The molecular weight excluding hydrogens is 318 g/mol. The molecule has 0 aliphatic carbocycles. The van der Waals surface area contributed by atoms with E-state index in [1.807, 2.05) is 19.1 Å². The zero-order valence-electron chi connectivity index (χ0n) is 13.0. The molecule has 0 saturated heterocycles. The van der Waals surface area contributed by atoms with Crippen LogP contribution in [0.3, 0.4) is 0 Å². The largest absolute Gasteiger partial charge is 0.361 e. The van der Waals surface area contributed by atoms with Crippen molar-refractivity contribution >= 4 is 21.2 Å². The second kappa shape index (κ2) is 6.33. The van der Waals surface area contributed by atoms with Crippen LogP contribution in [-0.2, 0) is 9.84 Å². The van der Waals surface area contributed by atoms with E-state index in [0.717, 1.165) is 18.0 Å². The zero-order valence-corrected chi connectivity index (χ0v) is 13.8.